The molecule has 4 rings (SSSR count). The third-order valence-electron chi connectivity index (χ3n) is 5.14. The van der Waals surface area contributed by atoms with Gasteiger partial charge < -0.3 is 19.1 Å². The van der Waals surface area contributed by atoms with Crippen molar-refractivity contribution in [3.8, 4) is 0 Å². The van der Waals surface area contributed by atoms with Gasteiger partial charge in [-0.3, -0.25) is 14.3 Å². The zero-order valence-electron chi connectivity index (χ0n) is 14.6. The zero-order valence-corrected chi connectivity index (χ0v) is 14.6. The summed E-state index contributed by atoms with van der Waals surface area (Å²) in [5.41, 5.74) is -0.923. The Balaban J connectivity index is 1.59. The van der Waals surface area contributed by atoms with Crippen LogP contribution in [-0.4, -0.2) is 58.2 Å². The molecular formula is C17H25N3O5. The van der Waals surface area contributed by atoms with Gasteiger partial charge in [0, 0.05) is 18.8 Å². The van der Waals surface area contributed by atoms with Gasteiger partial charge in [-0.25, -0.2) is 4.79 Å². The molecule has 3 aliphatic heterocycles. The normalized spacial score (nSPS) is 35.0. The van der Waals surface area contributed by atoms with Crippen molar-refractivity contribution in [1.82, 2.24) is 14.5 Å². The monoisotopic (exact) mass is 351 g/mol. The highest BCUT2D eigenvalue weighted by atomic mass is 16.8. The maximum atomic E-state index is 12.2. The van der Waals surface area contributed by atoms with Crippen molar-refractivity contribution < 1.29 is 14.2 Å². The molecule has 8 nitrogen and oxygen atoms in total. The summed E-state index contributed by atoms with van der Waals surface area (Å²) in [6.45, 7) is 6.62. The molecule has 1 aromatic heterocycles. The molecule has 0 spiro atoms. The van der Waals surface area contributed by atoms with E-state index in [0.29, 0.717) is 0 Å². The molecule has 0 radical (unpaired) electrons. The second-order valence-electron chi connectivity index (χ2n) is 7.51. The third-order valence-corrected chi connectivity index (χ3v) is 5.14. The number of nitrogens with one attached hydrogen (secondary N) is 1. The molecule has 25 heavy (non-hydrogen) atoms. The minimum absolute atomic E-state index is 0.172. The molecule has 4 atom stereocenters. The van der Waals surface area contributed by atoms with E-state index in [4.69, 9.17) is 14.2 Å². The lowest BCUT2D eigenvalue weighted by atomic mass is 10.1. The van der Waals surface area contributed by atoms with Crippen molar-refractivity contribution in [2.45, 2.75) is 63.4 Å². The summed E-state index contributed by atoms with van der Waals surface area (Å²) < 4.78 is 19.7. The second kappa shape index (κ2) is 6.35. The number of aromatic nitrogens is 2. The molecule has 0 amide bonds. The van der Waals surface area contributed by atoms with Gasteiger partial charge >= 0.3 is 5.69 Å². The number of fused-ring (bicyclic) bond motifs is 1. The predicted molar refractivity (Wildman–Crippen MR) is 89.3 cm³/mol. The van der Waals surface area contributed by atoms with Crippen LogP contribution in [0.1, 0.15) is 39.3 Å². The summed E-state index contributed by atoms with van der Waals surface area (Å²) in [6.07, 6.45) is 3.74. The summed E-state index contributed by atoms with van der Waals surface area (Å²) in [4.78, 5) is 28.2. The Hall–Kier alpha value is -1.48. The van der Waals surface area contributed by atoms with Crippen LogP contribution in [0, 0.1) is 0 Å². The van der Waals surface area contributed by atoms with E-state index in [-0.39, 0.29) is 18.3 Å². The summed E-state index contributed by atoms with van der Waals surface area (Å²) in [7, 11) is 0. The SMILES string of the molecule is CC1(C)O[C@@H]2[C@H](O1)[C@@H](CN1CCCCC1)O[C@H]2n1ccc(=O)[nH]c1=O. The molecule has 0 aliphatic carbocycles. The lowest BCUT2D eigenvalue weighted by Gasteiger charge is -2.31. The minimum Gasteiger partial charge on any atom is -0.348 e. The predicted octanol–water partition coefficient (Wildman–Crippen LogP) is 0.440. The number of rotatable bonds is 3. The largest absolute Gasteiger partial charge is 0.348 e. The number of likely N-dealkylation sites (tertiary alicyclic amines) is 1. The molecule has 0 saturated carbocycles. The van der Waals surface area contributed by atoms with E-state index in [0.717, 1.165) is 19.6 Å². The van der Waals surface area contributed by atoms with Gasteiger partial charge in [0.15, 0.2) is 12.0 Å². The van der Waals surface area contributed by atoms with Gasteiger partial charge in [-0.05, 0) is 39.8 Å². The van der Waals surface area contributed by atoms with Crippen LogP contribution in [0.15, 0.2) is 21.9 Å². The Morgan fingerprint density at radius 2 is 1.88 bits per heavy atom. The fourth-order valence-electron chi connectivity index (χ4n) is 4.05. The van der Waals surface area contributed by atoms with E-state index in [9.17, 15) is 9.59 Å². The van der Waals surface area contributed by atoms with Gasteiger partial charge in [-0.15, -0.1) is 0 Å². The average molecular weight is 351 g/mol. The van der Waals surface area contributed by atoms with Crippen LogP contribution in [-0.2, 0) is 14.2 Å². The molecule has 3 saturated heterocycles. The lowest BCUT2D eigenvalue weighted by molar-refractivity contribution is -0.199. The summed E-state index contributed by atoms with van der Waals surface area (Å²) in [5.74, 6) is -0.719. The highest BCUT2D eigenvalue weighted by Gasteiger charge is 2.56. The van der Waals surface area contributed by atoms with Crippen molar-refractivity contribution in [3.63, 3.8) is 0 Å². The molecule has 8 heteroatoms. The number of hydrogen-bond donors (Lipinski definition) is 1. The molecule has 138 valence electrons. The summed E-state index contributed by atoms with van der Waals surface area (Å²) in [5, 5.41) is 0. The van der Waals surface area contributed by atoms with E-state index in [1.807, 2.05) is 13.8 Å². The molecule has 3 aliphatic rings. The Morgan fingerprint density at radius 3 is 2.60 bits per heavy atom. The van der Waals surface area contributed by atoms with Crippen LogP contribution in [0.5, 0.6) is 0 Å². The quantitative estimate of drug-likeness (QED) is 0.851. The van der Waals surface area contributed by atoms with Crippen molar-refractivity contribution in [2.75, 3.05) is 19.6 Å². The molecule has 3 fully saturated rings. The van der Waals surface area contributed by atoms with Crippen LogP contribution < -0.4 is 11.2 Å². The van der Waals surface area contributed by atoms with E-state index in [2.05, 4.69) is 9.88 Å². The molecule has 0 unspecified atom stereocenters. The summed E-state index contributed by atoms with van der Waals surface area (Å²) in [6, 6.07) is 1.32. The van der Waals surface area contributed by atoms with E-state index < -0.39 is 23.3 Å². The standard InChI is InChI=1S/C17H25N3O5/c1-17(2)24-13-11(10-19-7-4-3-5-8-19)23-15(14(13)25-17)20-9-6-12(21)18-16(20)22/h6,9,11,13-15H,3-5,7-8,10H2,1-2H3,(H,18,21,22)/t11-,13-,14-,15-/m1/s1. The Morgan fingerprint density at radius 1 is 1.16 bits per heavy atom. The van der Waals surface area contributed by atoms with E-state index >= 15 is 0 Å². The van der Waals surface area contributed by atoms with Crippen molar-refractivity contribution >= 4 is 0 Å². The number of ether oxygens (including phenoxy) is 3. The Labute approximate surface area is 145 Å². The van der Waals surface area contributed by atoms with Gasteiger partial charge in [0.2, 0.25) is 0 Å². The molecule has 1 aromatic rings. The van der Waals surface area contributed by atoms with E-state index in [1.54, 1.807) is 0 Å². The Bertz CT molecular complexity index is 736. The van der Waals surface area contributed by atoms with Crippen LogP contribution in [0.25, 0.3) is 0 Å². The third kappa shape index (κ3) is 3.31. The molecular weight excluding hydrogens is 326 g/mol. The molecule has 1 N–H and O–H groups in total. The fraction of sp³-hybridized carbons (Fsp3) is 0.765. The van der Waals surface area contributed by atoms with Gasteiger partial charge in [0.05, 0.1) is 0 Å². The van der Waals surface area contributed by atoms with Crippen LogP contribution in [0.3, 0.4) is 0 Å². The van der Waals surface area contributed by atoms with Gasteiger partial charge in [0.1, 0.15) is 18.3 Å². The van der Waals surface area contributed by atoms with Gasteiger partial charge in [-0.2, -0.15) is 0 Å². The molecule has 0 bridgehead atoms. The molecule has 0 aromatic carbocycles. The van der Waals surface area contributed by atoms with Crippen molar-refractivity contribution in [1.29, 1.82) is 0 Å². The maximum absolute atomic E-state index is 12.2. The lowest BCUT2D eigenvalue weighted by Crippen LogP contribution is -2.42. The number of aromatic amines is 1. The first kappa shape index (κ1) is 17.0. The van der Waals surface area contributed by atoms with Gasteiger partial charge in [-0.1, -0.05) is 6.42 Å². The second-order valence-corrected chi connectivity index (χ2v) is 7.51. The molecule has 4 heterocycles. The maximum Gasteiger partial charge on any atom is 0.330 e. The minimum atomic E-state index is -0.719. The Kier molecular flexibility index (Phi) is 4.31. The van der Waals surface area contributed by atoms with Crippen LogP contribution >= 0.6 is 0 Å². The summed E-state index contributed by atoms with van der Waals surface area (Å²) >= 11 is 0. The van der Waals surface area contributed by atoms with Crippen LogP contribution in [0.2, 0.25) is 0 Å². The van der Waals surface area contributed by atoms with E-state index in [1.165, 1.54) is 36.1 Å². The number of H-pyrrole nitrogens is 1. The number of piperidine rings is 1. The average Bonchev–Trinajstić information content (AvgIpc) is 3.03. The van der Waals surface area contributed by atoms with Gasteiger partial charge in [0.25, 0.3) is 5.56 Å². The first-order valence-electron chi connectivity index (χ1n) is 8.98. The highest BCUT2D eigenvalue weighted by Crippen LogP contribution is 2.42. The topological polar surface area (TPSA) is 85.8 Å². The van der Waals surface area contributed by atoms with Crippen LogP contribution in [0.4, 0.5) is 0 Å². The fourth-order valence-corrected chi connectivity index (χ4v) is 4.05. The number of nitrogens with zero attached hydrogens (tertiary/aromatic N) is 2. The smallest absolute Gasteiger partial charge is 0.330 e. The zero-order chi connectivity index (χ0) is 17.6. The number of hydrogen-bond acceptors (Lipinski definition) is 6. The van der Waals surface area contributed by atoms with Crippen molar-refractivity contribution in [3.05, 3.63) is 33.1 Å². The van der Waals surface area contributed by atoms with Crippen molar-refractivity contribution in [2.24, 2.45) is 0 Å². The first-order valence-corrected chi connectivity index (χ1v) is 8.98. The first-order chi connectivity index (χ1) is 11.9. The highest BCUT2D eigenvalue weighted by molar-refractivity contribution is 4.99.